The van der Waals surface area contributed by atoms with Crippen molar-refractivity contribution < 1.29 is 13.6 Å². The smallest absolute Gasteiger partial charge is 0.150 e. The lowest BCUT2D eigenvalue weighted by atomic mass is 10.1. The lowest BCUT2D eigenvalue weighted by molar-refractivity contribution is 0.112. The van der Waals surface area contributed by atoms with Crippen molar-refractivity contribution >= 4 is 12.0 Å². The molecule has 1 aliphatic carbocycles. The quantitative estimate of drug-likeness (QED) is 0.749. The molecule has 0 bridgehead atoms. The summed E-state index contributed by atoms with van der Waals surface area (Å²) >= 11 is 0. The molecule has 1 aromatic rings. The monoisotopic (exact) mass is 253 g/mol. The Labute approximate surface area is 106 Å². The molecule has 0 radical (unpaired) electrons. The van der Waals surface area contributed by atoms with Crippen LogP contribution < -0.4 is 4.90 Å². The molecule has 98 valence electrons. The summed E-state index contributed by atoms with van der Waals surface area (Å²) in [6.07, 6.45) is 2.70. The average molecular weight is 253 g/mol. The third-order valence-corrected chi connectivity index (χ3v) is 3.24. The van der Waals surface area contributed by atoms with Crippen molar-refractivity contribution in [3.63, 3.8) is 0 Å². The number of nitrogens with zero attached hydrogens (tertiary/aromatic N) is 1. The maximum absolute atomic E-state index is 13.9. The van der Waals surface area contributed by atoms with Crippen LogP contribution in [0, 0.1) is 17.6 Å². The predicted molar refractivity (Wildman–Crippen MR) is 67.0 cm³/mol. The average Bonchev–Trinajstić information content (AvgIpc) is 3.10. The number of rotatable bonds is 5. The minimum Gasteiger partial charge on any atom is -0.364 e. The molecule has 0 N–H and O–H groups in total. The van der Waals surface area contributed by atoms with Crippen LogP contribution in [-0.4, -0.2) is 18.9 Å². The SMILES string of the molecule is CC(C)N(CC1CC1)c1c(F)cc(C=O)cc1F. The highest BCUT2D eigenvalue weighted by Gasteiger charge is 2.28. The zero-order chi connectivity index (χ0) is 13.3. The first-order valence-corrected chi connectivity index (χ1v) is 6.23. The first-order chi connectivity index (χ1) is 8.52. The van der Waals surface area contributed by atoms with E-state index in [0.717, 1.165) is 25.0 Å². The van der Waals surface area contributed by atoms with E-state index in [9.17, 15) is 13.6 Å². The zero-order valence-electron chi connectivity index (χ0n) is 10.6. The van der Waals surface area contributed by atoms with E-state index in [0.29, 0.717) is 18.7 Å². The molecular weight excluding hydrogens is 236 g/mol. The summed E-state index contributed by atoms with van der Waals surface area (Å²) in [7, 11) is 0. The van der Waals surface area contributed by atoms with E-state index in [2.05, 4.69) is 0 Å². The number of anilines is 1. The molecule has 2 nitrogen and oxygen atoms in total. The first-order valence-electron chi connectivity index (χ1n) is 6.23. The molecular formula is C14H17F2NO. The van der Waals surface area contributed by atoms with Crippen molar-refractivity contribution in [2.24, 2.45) is 5.92 Å². The highest BCUT2D eigenvalue weighted by molar-refractivity contribution is 5.76. The molecule has 1 saturated carbocycles. The van der Waals surface area contributed by atoms with Crippen molar-refractivity contribution in [1.29, 1.82) is 0 Å². The van der Waals surface area contributed by atoms with Gasteiger partial charge in [0.2, 0.25) is 0 Å². The van der Waals surface area contributed by atoms with Crippen LogP contribution in [0.1, 0.15) is 37.0 Å². The number of halogens is 2. The fraction of sp³-hybridized carbons (Fsp3) is 0.500. The van der Waals surface area contributed by atoms with Gasteiger partial charge in [-0.2, -0.15) is 0 Å². The highest BCUT2D eigenvalue weighted by atomic mass is 19.1. The molecule has 0 saturated heterocycles. The molecule has 0 aromatic heterocycles. The molecule has 0 spiro atoms. The normalized spacial score (nSPS) is 14.9. The number of hydrogen-bond donors (Lipinski definition) is 0. The van der Waals surface area contributed by atoms with Crippen molar-refractivity contribution in [2.45, 2.75) is 32.7 Å². The zero-order valence-corrected chi connectivity index (χ0v) is 10.6. The van der Waals surface area contributed by atoms with Gasteiger partial charge in [0.25, 0.3) is 0 Å². The number of hydrogen-bond acceptors (Lipinski definition) is 2. The van der Waals surface area contributed by atoms with E-state index in [1.807, 2.05) is 13.8 Å². The van der Waals surface area contributed by atoms with Crippen LogP contribution in [0.2, 0.25) is 0 Å². The Hall–Kier alpha value is -1.45. The summed E-state index contributed by atoms with van der Waals surface area (Å²) in [5.74, 6) is -0.783. The number of benzene rings is 1. The minimum atomic E-state index is -0.661. The lowest BCUT2D eigenvalue weighted by Crippen LogP contribution is -2.34. The fourth-order valence-electron chi connectivity index (χ4n) is 2.07. The summed E-state index contributed by atoms with van der Waals surface area (Å²) < 4.78 is 27.9. The molecule has 0 amide bonds. The van der Waals surface area contributed by atoms with Crippen molar-refractivity contribution in [3.05, 3.63) is 29.3 Å². The first kappa shape index (κ1) is 13.0. The summed E-state index contributed by atoms with van der Waals surface area (Å²) in [5.41, 5.74) is 0.0198. The van der Waals surface area contributed by atoms with Crippen LogP contribution >= 0.6 is 0 Å². The number of carbonyl (C=O) groups is 1. The Morgan fingerprint density at radius 3 is 2.28 bits per heavy atom. The Kier molecular flexibility index (Phi) is 3.64. The van der Waals surface area contributed by atoms with Crippen molar-refractivity contribution in [2.75, 3.05) is 11.4 Å². The summed E-state index contributed by atoms with van der Waals surface area (Å²) in [5, 5.41) is 0. The van der Waals surface area contributed by atoms with Gasteiger partial charge >= 0.3 is 0 Å². The maximum Gasteiger partial charge on any atom is 0.150 e. The van der Waals surface area contributed by atoms with Gasteiger partial charge in [-0.1, -0.05) is 0 Å². The third-order valence-electron chi connectivity index (χ3n) is 3.24. The second kappa shape index (κ2) is 5.04. The van der Waals surface area contributed by atoms with Crippen LogP contribution in [0.25, 0.3) is 0 Å². The topological polar surface area (TPSA) is 20.3 Å². The number of aldehydes is 1. The van der Waals surface area contributed by atoms with Crippen LogP contribution in [-0.2, 0) is 0 Å². The largest absolute Gasteiger partial charge is 0.364 e. The van der Waals surface area contributed by atoms with Gasteiger partial charge < -0.3 is 4.90 Å². The lowest BCUT2D eigenvalue weighted by Gasteiger charge is -2.29. The number of carbonyl (C=O) groups excluding carboxylic acids is 1. The fourth-order valence-corrected chi connectivity index (χ4v) is 2.07. The Morgan fingerprint density at radius 2 is 1.89 bits per heavy atom. The predicted octanol–water partition coefficient (Wildman–Crippen LogP) is 3.40. The summed E-state index contributed by atoms with van der Waals surface area (Å²) in [6.45, 7) is 4.50. The van der Waals surface area contributed by atoms with Crippen LogP contribution in [0.5, 0.6) is 0 Å². The van der Waals surface area contributed by atoms with Gasteiger partial charge in [-0.3, -0.25) is 4.79 Å². The van der Waals surface area contributed by atoms with Crippen LogP contribution in [0.15, 0.2) is 12.1 Å². The Morgan fingerprint density at radius 1 is 1.33 bits per heavy atom. The second-order valence-electron chi connectivity index (χ2n) is 5.14. The van der Waals surface area contributed by atoms with Gasteiger partial charge in [-0.15, -0.1) is 0 Å². The standard InChI is InChI=1S/C14H17F2NO/c1-9(2)17(7-10-3-4-10)14-12(15)5-11(8-18)6-13(14)16/h5-6,8-10H,3-4,7H2,1-2H3. The maximum atomic E-state index is 13.9. The molecule has 0 aliphatic heterocycles. The molecule has 0 atom stereocenters. The van der Waals surface area contributed by atoms with E-state index in [1.54, 1.807) is 4.90 Å². The highest BCUT2D eigenvalue weighted by Crippen LogP contribution is 2.34. The minimum absolute atomic E-state index is 0.0116. The molecule has 0 heterocycles. The van der Waals surface area contributed by atoms with Crippen molar-refractivity contribution in [3.8, 4) is 0 Å². The van der Waals surface area contributed by atoms with Gasteiger partial charge in [-0.25, -0.2) is 8.78 Å². The van der Waals surface area contributed by atoms with E-state index in [-0.39, 0.29) is 17.3 Å². The second-order valence-corrected chi connectivity index (χ2v) is 5.14. The van der Waals surface area contributed by atoms with Crippen LogP contribution in [0.3, 0.4) is 0 Å². The molecule has 1 fully saturated rings. The van der Waals surface area contributed by atoms with Crippen LogP contribution in [0.4, 0.5) is 14.5 Å². The van der Waals surface area contributed by atoms with Gasteiger partial charge in [0.1, 0.15) is 23.6 Å². The van der Waals surface area contributed by atoms with Gasteiger partial charge in [0, 0.05) is 18.2 Å². The van der Waals surface area contributed by atoms with E-state index in [4.69, 9.17) is 0 Å². The Bertz CT molecular complexity index is 432. The molecule has 1 aliphatic rings. The van der Waals surface area contributed by atoms with Crippen molar-refractivity contribution in [1.82, 2.24) is 0 Å². The molecule has 2 rings (SSSR count). The van der Waals surface area contributed by atoms with E-state index >= 15 is 0 Å². The van der Waals surface area contributed by atoms with E-state index < -0.39 is 11.6 Å². The summed E-state index contributed by atoms with van der Waals surface area (Å²) in [6, 6.07) is 2.21. The summed E-state index contributed by atoms with van der Waals surface area (Å²) in [4.78, 5) is 12.3. The molecule has 1 aromatic carbocycles. The van der Waals surface area contributed by atoms with Gasteiger partial charge in [-0.05, 0) is 44.7 Å². The molecule has 18 heavy (non-hydrogen) atoms. The molecule has 4 heteroatoms. The van der Waals surface area contributed by atoms with E-state index in [1.165, 1.54) is 0 Å². The van der Waals surface area contributed by atoms with Gasteiger partial charge in [0.15, 0.2) is 0 Å². The third kappa shape index (κ3) is 2.68. The molecule has 0 unspecified atom stereocenters. The van der Waals surface area contributed by atoms with Gasteiger partial charge in [0.05, 0.1) is 0 Å². The Balaban J connectivity index is 2.36.